The van der Waals surface area contributed by atoms with Crippen molar-refractivity contribution in [1.29, 1.82) is 0 Å². The summed E-state index contributed by atoms with van der Waals surface area (Å²) in [6.07, 6.45) is 3.14. The lowest BCUT2D eigenvalue weighted by molar-refractivity contribution is 0.628. The van der Waals surface area contributed by atoms with Crippen LogP contribution in [0.4, 0.5) is 4.39 Å². The van der Waals surface area contributed by atoms with Crippen LogP contribution in [-0.2, 0) is 5.75 Å². The molecule has 0 amide bonds. The lowest BCUT2D eigenvalue weighted by Crippen LogP contribution is -1.96. The number of benzene rings is 2. The van der Waals surface area contributed by atoms with Gasteiger partial charge in [-0.05, 0) is 48.4 Å². The average molecular weight is 401 g/mol. The van der Waals surface area contributed by atoms with Gasteiger partial charge in [0.1, 0.15) is 22.7 Å². The first kappa shape index (κ1) is 17.8. The number of nitrogens with one attached hydrogen (secondary N) is 1. The van der Waals surface area contributed by atoms with Crippen molar-refractivity contribution in [3.63, 3.8) is 0 Å². The molecule has 1 N–H and O–H groups in total. The molecule has 0 radical (unpaired) electrons. The van der Waals surface area contributed by atoms with Crippen molar-refractivity contribution in [2.45, 2.75) is 17.7 Å². The van der Waals surface area contributed by atoms with E-state index < -0.39 is 0 Å². The quantitative estimate of drug-likeness (QED) is 0.327. The van der Waals surface area contributed by atoms with Crippen LogP contribution in [0.15, 0.2) is 66.2 Å². The molecule has 0 atom stereocenters. The molecule has 5 rings (SSSR count). The highest BCUT2D eigenvalue weighted by molar-refractivity contribution is 7.98. The minimum Gasteiger partial charge on any atom is -0.341 e. The standard InChI is InChI=1S/C22H16FN5S/c1-13-3-2-4-15-9-16(10-29-22-20-21(25-11-24-20)26-12-27-22)19(28-18(13)15)14-5-7-17(23)8-6-14/h2-9,11-12H,10H2,1H3,(H,24,25,26,27). The molecule has 0 aliphatic rings. The number of aromatic nitrogens is 5. The highest BCUT2D eigenvalue weighted by Crippen LogP contribution is 2.32. The van der Waals surface area contributed by atoms with Crippen LogP contribution in [0.3, 0.4) is 0 Å². The van der Waals surface area contributed by atoms with Gasteiger partial charge in [-0.15, -0.1) is 0 Å². The number of halogens is 1. The molecule has 5 aromatic rings. The maximum atomic E-state index is 13.5. The molecule has 3 heterocycles. The first-order chi connectivity index (χ1) is 14.2. The predicted octanol–water partition coefficient (Wildman–Crippen LogP) is 5.31. The summed E-state index contributed by atoms with van der Waals surface area (Å²) in [4.78, 5) is 20.8. The Morgan fingerprint density at radius 2 is 1.90 bits per heavy atom. The molecule has 0 fully saturated rings. The van der Waals surface area contributed by atoms with E-state index >= 15 is 0 Å². The van der Waals surface area contributed by atoms with E-state index in [1.54, 1.807) is 30.2 Å². The summed E-state index contributed by atoms with van der Waals surface area (Å²) in [5.74, 6) is 0.401. The summed E-state index contributed by atoms with van der Waals surface area (Å²) < 4.78 is 13.5. The molecule has 0 aliphatic heterocycles. The predicted molar refractivity (Wildman–Crippen MR) is 113 cm³/mol. The first-order valence-corrected chi connectivity index (χ1v) is 10.1. The van der Waals surface area contributed by atoms with Gasteiger partial charge < -0.3 is 4.98 Å². The monoisotopic (exact) mass is 401 g/mol. The SMILES string of the molecule is Cc1cccc2cc(CSc3ncnc4nc[nH]c34)c(-c3ccc(F)cc3)nc12. The van der Waals surface area contributed by atoms with Gasteiger partial charge in [-0.2, -0.15) is 0 Å². The van der Waals surface area contributed by atoms with Crippen molar-refractivity contribution in [2.75, 3.05) is 0 Å². The van der Waals surface area contributed by atoms with E-state index in [4.69, 9.17) is 4.98 Å². The number of aromatic amines is 1. The van der Waals surface area contributed by atoms with Gasteiger partial charge in [-0.3, -0.25) is 0 Å². The summed E-state index contributed by atoms with van der Waals surface area (Å²) in [7, 11) is 0. The van der Waals surface area contributed by atoms with E-state index in [1.807, 2.05) is 19.1 Å². The molecule has 29 heavy (non-hydrogen) atoms. The minimum absolute atomic E-state index is 0.260. The van der Waals surface area contributed by atoms with E-state index in [0.717, 1.165) is 43.8 Å². The van der Waals surface area contributed by atoms with E-state index in [2.05, 4.69) is 32.1 Å². The van der Waals surface area contributed by atoms with Crippen molar-refractivity contribution in [2.24, 2.45) is 0 Å². The normalized spacial score (nSPS) is 11.4. The zero-order valence-corrected chi connectivity index (χ0v) is 16.4. The van der Waals surface area contributed by atoms with Gasteiger partial charge in [0.25, 0.3) is 0 Å². The van der Waals surface area contributed by atoms with E-state index in [-0.39, 0.29) is 5.82 Å². The Morgan fingerprint density at radius 1 is 1.03 bits per heavy atom. The molecular weight excluding hydrogens is 385 g/mol. The Balaban J connectivity index is 1.60. The zero-order valence-electron chi connectivity index (χ0n) is 15.6. The van der Waals surface area contributed by atoms with Gasteiger partial charge in [-0.25, -0.2) is 24.3 Å². The van der Waals surface area contributed by atoms with Gasteiger partial charge in [0.2, 0.25) is 0 Å². The fraction of sp³-hybridized carbons (Fsp3) is 0.0909. The number of hydrogen-bond acceptors (Lipinski definition) is 5. The van der Waals surface area contributed by atoms with Crippen LogP contribution >= 0.6 is 11.8 Å². The number of fused-ring (bicyclic) bond motifs is 2. The molecule has 0 saturated carbocycles. The molecule has 5 nitrogen and oxygen atoms in total. The molecule has 2 aromatic carbocycles. The largest absolute Gasteiger partial charge is 0.341 e. The summed E-state index contributed by atoms with van der Waals surface area (Å²) in [5.41, 5.74) is 6.35. The Labute approximate surface area is 170 Å². The second-order valence-corrected chi connectivity index (χ2v) is 7.68. The van der Waals surface area contributed by atoms with Crippen LogP contribution < -0.4 is 0 Å². The number of thioether (sulfide) groups is 1. The second kappa shape index (κ2) is 7.25. The molecule has 0 spiro atoms. The molecule has 0 aliphatic carbocycles. The van der Waals surface area contributed by atoms with Gasteiger partial charge >= 0.3 is 0 Å². The number of rotatable bonds is 4. The van der Waals surface area contributed by atoms with Crippen LogP contribution in [-0.4, -0.2) is 24.9 Å². The number of aryl methyl sites for hydroxylation is 1. The molecule has 0 bridgehead atoms. The van der Waals surface area contributed by atoms with Gasteiger partial charge in [0, 0.05) is 16.7 Å². The van der Waals surface area contributed by atoms with Crippen LogP contribution in [0, 0.1) is 12.7 Å². The summed E-state index contributed by atoms with van der Waals surface area (Å²) in [6, 6.07) is 14.8. The number of H-pyrrole nitrogens is 1. The minimum atomic E-state index is -0.260. The van der Waals surface area contributed by atoms with Crippen LogP contribution in [0.2, 0.25) is 0 Å². The summed E-state index contributed by atoms with van der Waals surface area (Å²) >= 11 is 1.60. The van der Waals surface area contributed by atoms with Gasteiger partial charge in [0.15, 0.2) is 5.65 Å². The second-order valence-electron chi connectivity index (χ2n) is 6.72. The highest BCUT2D eigenvalue weighted by atomic mass is 32.2. The van der Waals surface area contributed by atoms with Crippen LogP contribution in [0.5, 0.6) is 0 Å². The maximum Gasteiger partial charge on any atom is 0.181 e. The van der Waals surface area contributed by atoms with Crippen molar-refractivity contribution >= 4 is 33.8 Å². The molecular formula is C22H16FN5S. The fourth-order valence-electron chi connectivity index (χ4n) is 3.36. The van der Waals surface area contributed by atoms with Gasteiger partial charge in [-0.1, -0.05) is 30.0 Å². The first-order valence-electron chi connectivity index (χ1n) is 9.11. The molecule has 3 aromatic heterocycles. The Morgan fingerprint density at radius 3 is 2.76 bits per heavy atom. The Bertz CT molecular complexity index is 1330. The van der Waals surface area contributed by atoms with Crippen molar-refractivity contribution in [3.05, 3.63) is 78.1 Å². The lowest BCUT2D eigenvalue weighted by atomic mass is 10.0. The summed E-state index contributed by atoms with van der Waals surface area (Å²) in [6.45, 7) is 2.05. The molecule has 0 unspecified atom stereocenters. The number of para-hydroxylation sites is 1. The van der Waals surface area contributed by atoms with E-state index in [0.29, 0.717) is 11.4 Å². The maximum absolute atomic E-state index is 13.5. The highest BCUT2D eigenvalue weighted by Gasteiger charge is 2.13. The third-order valence-corrected chi connectivity index (χ3v) is 5.84. The number of hydrogen-bond donors (Lipinski definition) is 1. The Hall–Kier alpha value is -3.32. The third-order valence-electron chi connectivity index (χ3n) is 4.80. The van der Waals surface area contributed by atoms with Gasteiger partial charge in [0.05, 0.1) is 17.5 Å². The number of nitrogens with zero attached hydrogens (tertiary/aromatic N) is 4. The third kappa shape index (κ3) is 3.34. The molecule has 0 saturated heterocycles. The zero-order chi connectivity index (χ0) is 19.8. The Kier molecular flexibility index (Phi) is 4.44. The van der Waals surface area contributed by atoms with Crippen molar-refractivity contribution in [3.8, 4) is 11.3 Å². The molecule has 7 heteroatoms. The lowest BCUT2D eigenvalue weighted by Gasteiger charge is -2.12. The van der Waals surface area contributed by atoms with Crippen LogP contribution in [0.25, 0.3) is 33.3 Å². The van der Waals surface area contributed by atoms with Crippen LogP contribution in [0.1, 0.15) is 11.1 Å². The fourth-order valence-corrected chi connectivity index (χ4v) is 4.29. The van der Waals surface area contributed by atoms with E-state index in [1.165, 1.54) is 18.5 Å². The average Bonchev–Trinajstić information content (AvgIpc) is 3.22. The van der Waals surface area contributed by atoms with Crippen molar-refractivity contribution in [1.82, 2.24) is 24.9 Å². The van der Waals surface area contributed by atoms with E-state index in [9.17, 15) is 4.39 Å². The topological polar surface area (TPSA) is 67.3 Å². The van der Waals surface area contributed by atoms with Crippen molar-refractivity contribution < 1.29 is 4.39 Å². The number of pyridine rings is 1. The molecule has 142 valence electrons. The summed E-state index contributed by atoms with van der Waals surface area (Å²) in [5, 5.41) is 1.92. The number of imidazole rings is 1. The smallest absolute Gasteiger partial charge is 0.181 e.